The van der Waals surface area contributed by atoms with E-state index < -0.39 is 23.0 Å². The van der Waals surface area contributed by atoms with Crippen LogP contribution in [-0.2, 0) is 6.18 Å². The van der Waals surface area contributed by atoms with Gasteiger partial charge in [0.1, 0.15) is 12.4 Å². The lowest BCUT2D eigenvalue weighted by Gasteiger charge is -2.15. The molecule has 3 aromatic rings. The molecule has 0 radical (unpaired) electrons. The summed E-state index contributed by atoms with van der Waals surface area (Å²) in [5.41, 5.74) is -1.16. The third-order valence-corrected chi connectivity index (χ3v) is 3.52. The van der Waals surface area contributed by atoms with Gasteiger partial charge in [0.05, 0.1) is 22.2 Å². The first kappa shape index (κ1) is 16.3. The van der Waals surface area contributed by atoms with Crippen LogP contribution in [-0.4, -0.2) is 26.3 Å². The normalized spacial score (nSPS) is 11.5. The van der Waals surface area contributed by atoms with Gasteiger partial charge in [-0.3, -0.25) is 4.79 Å². The molecule has 128 valence electrons. The maximum absolute atomic E-state index is 13.4. The molecule has 0 saturated heterocycles. The van der Waals surface area contributed by atoms with Gasteiger partial charge in [0.15, 0.2) is 5.69 Å². The number of nitriles is 1. The molecule has 1 aromatic carbocycles. The molecule has 0 aliphatic heterocycles. The summed E-state index contributed by atoms with van der Waals surface area (Å²) in [6.45, 7) is 0. The van der Waals surface area contributed by atoms with E-state index in [0.717, 1.165) is 23.2 Å². The molecule has 25 heavy (non-hydrogen) atoms. The summed E-state index contributed by atoms with van der Waals surface area (Å²) >= 11 is 0. The SMILES string of the molecule is CNn1c(=O)[nH]c2cc(C(F)(F)F)c(-n3cnc(C#N)c3)cc2c1=O. The Kier molecular flexibility index (Phi) is 3.60. The highest BCUT2D eigenvalue weighted by atomic mass is 19.4. The van der Waals surface area contributed by atoms with Gasteiger partial charge in [-0.1, -0.05) is 0 Å². The third kappa shape index (κ3) is 2.63. The molecule has 2 heterocycles. The van der Waals surface area contributed by atoms with Crippen LogP contribution in [0.2, 0.25) is 0 Å². The fraction of sp³-hybridized carbons (Fsp3) is 0.143. The van der Waals surface area contributed by atoms with Crippen LogP contribution >= 0.6 is 0 Å². The van der Waals surface area contributed by atoms with E-state index in [-0.39, 0.29) is 22.3 Å². The van der Waals surface area contributed by atoms with Gasteiger partial charge in [0, 0.05) is 13.2 Å². The molecule has 2 N–H and O–H groups in total. The lowest BCUT2D eigenvalue weighted by Crippen LogP contribution is -2.39. The minimum absolute atomic E-state index is 0.0812. The van der Waals surface area contributed by atoms with Crippen LogP contribution in [0.25, 0.3) is 16.6 Å². The second-order valence-electron chi connectivity index (χ2n) is 4.99. The Morgan fingerprint density at radius 3 is 2.60 bits per heavy atom. The lowest BCUT2D eigenvalue weighted by molar-refractivity contribution is -0.137. The monoisotopic (exact) mass is 350 g/mol. The van der Waals surface area contributed by atoms with E-state index in [1.807, 2.05) is 0 Å². The number of aromatic amines is 1. The van der Waals surface area contributed by atoms with Gasteiger partial charge in [-0.2, -0.15) is 23.1 Å². The molecule has 0 bridgehead atoms. The number of benzene rings is 1. The predicted molar refractivity (Wildman–Crippen MR) is 81.0 cm³/mol. The minimum Gasteiger partial charge on any atom is -0.322 e. The van der Waals surface area contributed by atoms with E-state index >= 15 is 0 Å². The Bertz CT molecular complexity index is 1130. The number of fused-ring (bicyclic) bond motifs is 1. The summed E-state index contributed by atoms with van der Waals surface area (Å²) in [6, 6.07) is 3.39. The van der Waals surface area contributed by atoms with Gasteiger partial charge < -0.3 is 15.0 Å². The van der Waals surface area contributed by atoms with Crippen LogP contribution < -0.4 is 16.7 Å². The standard InChI is InChI=1S/C14H9F3N6O2/c1-19-23-12(24)8-2-11(22-5-7(4-18)20-6-22)9(14(15,16)17)3-10(8)21-13(23)25/h2-3,5-6,19H,1H3,(H,21,25). The van der Waals surface area contributed by atoms with Gasteiger partial charge in [0.25, 0.3) is 5.56 Å². The van der Waals surface area contributed by atoms with Crippen LogP contribution in [0.15, 0.2) is 34.2 Å². The van der Waals surface area contributed by atoms with E-state index in [1.54, 1.807) is 6.07 Å². The molecular weight excluding hydrogens is 341 g/mol. The summed E-state index contributed by atoms with van der Waals surface area (Å²) in [4.78, 5) is 30.0. The summed E-state index contributed by atoms with van der Waals surface area (Å²) in [5, 5.41) is 8.66. The number of H-pyrrole nitrogens is 1. The van der Waals surface area contributed by atoms with Crippen molar-refractivity contribution in [1.29, 1.82) is 5.26 Å². The van der Waals surface area contributed by atoms with Crippen molar-refractivity contribution < 1.29 is 13.2 Å². The number of nitrogens with zero attached hydrogens (tertiary/aromatic N) is 4. The zero-order valence-corrected chi connectivity index (χ0v) is 12.5. The van der Waals surface area contributed by atoms with Crippen molar-refractivity contribution >= 4 is 10.9 Å². The number of rotatable bonds is 2. The quantitative estimate of drug-likeness (QED) is 0.715. The first-order valence-corrected chi connectivity index (χ1v) is 6.78. The molecule has 0 aliphatic carbocycles. The Hall–Kier alpha value is -3.55. The molecule has 0 amide bonds. The zero-order chi connectivity index (χ0) is 18.4. The number of halogens is 3. The number of hydrogen-bond donors (Lipinski definition) is 2. The average Bonchev–Trinajstić information content (AvgIpc) is 3.02. The summed E-state index contributed by atoms with van der Waals surface area (Å²) in [7, 11) is 1.32. The van der Waals surface area contributed by atoms with Crippen molar-refractivity contribution in [1.82, 2.24) is 19.2 Å². The van der Waals surface area contributed by atoms with Crippen LogP contribution in [0.4, 0.5) is 13.2 Å². The maximum Gasteiger partial charge on any atom is 0.418 e. The molecule has 0 saturated carbocycles. The largest absolute Gasteiger partial charge is 0.418 e. The van der Waals surface area contributed by atoms with Crippen molar-refractivity contribution in [3.05, 3.63) is 56.8 Å². The van der Waals surface area contributed by atoms with E-state index in [4.69, 9.17) is 5.26 Å². The van der Waals surface area contributed by atoms with Crippen LogP contribution in [0.5, 0.6) is 0 Å². The van der Waals surface area contributed by atoms with Crippen LogP contribution in [0.3, 0.4) is 0 Å². The van der Waals surface area contributed by atoms with Crippen molar-refractivity contribution in [2.24, 2.45) is 0 Å². The number of imidazole rings is 1. The average molecular weight is 350 g/mol. The van der Waals surface area contributed by atoms with Gasteiger partial charge in [0.2, 0.25) is 0 Å². The molecule has 8 nitrogen and oxygen atoms in total. The molecule has 3 rings (SSSR count). The minimum atomic E-state index is -4.75. The zero-order valence-electron chi connectivity index (χ0n) is 12.5. The Morgan fingerprint density at radius 2 is 2.04 bits per heavy atom. The highest BCUT2D eigenvalue weighted by Crippen LogP contribution is 2.35. The summed E-state index contributed by atoms with van der Waals surface area (Å²) < 4.78 is 41.9. The summed E-state index contributed by atoms with van der Waals surface area (Å²) in [5.74, 6) is 0. The Labute approximate surface area is 136 Å². The fourth-order valence-electron chi connectivity index (χ4n) is 2.41. The topological polar surface area (TPSA) is 108 Å². The highest BCUT2D eigenvalue weighted by molar-refractivity contribution is 5.81. The number of alkyl halides is 3. The molecule has 11 heteroatoms. The first-order chi connectivity index (χ1) is 11.8. The first-order valence-electron chi connectivity index (χ1n) is 6.78. The molecule has 0 atom stereocenters. The van der Waals surface area contributed by atoms with Crippen LogP contribution in [0.1, 0.15) is 11.3 Å². The molecule has 0 unspecified atom stereocenters. The van der Waals surface area contributed by atoms with Crippen molar-refractivity contribution in [2.75, 3.05) is 12.5 Å². The van der Waals surface area contributed by atoms with Crippen molar-refractivity contribution in [3.63, 3.8) is 0 Å². The Balaban J connectivity index is 2.43. The van der Waals surface area contributed by atoms with E-state index in [2.05, 4.69) is 15.4 Å². The number of aromatic nitrogens is 4. The highest BCUT2D eigenvalue weighted by Gasteiger charge is 2.35. The molecule has 0 spiro atoms. The molecule has 0 fully saturated rings. The maximum atomic E-state index is 13.4. The summed E-state index contributed by atoms with van der Waals surface area (Å²) in [6.07, 6.45) is -2.61. The van der Waals surface area contributed by atoms with E-state index in [0.29, 0.717) is 10.7 Å². The second kappa shape index (κ2) is 5.52. The third-order valence-electron chi connectivity index (χ3n) is 3.52. The van der Waals surface area contributed by atoms with Crippen molar-refractivity contribution in [3.8, 4) is 11.8 Å². The fourth-order valence-corrected chi connectivity index (χ4v) is 2.41. The van der Waals surface area contributed by atoms with Gasteiger partial charge in [-0.25, -0.2) is 9.78 Å². The van der Waals surface area contributed by atoms with E-state index in [9.17, 15) is 22.8 Å². The number of nitrogens with one attached hydrogen (secondary N) is 2. The van der Waals surface area contributed by atoms with E-state index in [1.165, 1.54) is 7.05 Å². The second-order valence-corrected chi connectivity index (χ2v) is 4.99. The molecule has 0 aliphatic rings. The lowest BCUT2D eigenvalue weighted by atomic mass is 10.1. The molecule has 2 aromatic heterocycles. The molecular formula is C14H9F3N6O2. The number of hydrogen-bond acceptors (Lipinski definition) is 5. The predicted octanol–water partition coefficient (Wildman–Crippen LogP) is 0.939. The smallest absolute Gasteiger partial charge is 0.322 e. The van der Waals surface area contributed by atoms with Gasteiger partial charge >= 0.3 is 11.9 Å². The van der Waals surface area contributed by atoms with Crippen LogP contribution in [0, 0.1) is 11.3 Å². The Morgan fingerprint density at radius 1 is 1.32 bits per heavy atom. The van der Waals surface area contributed by atoms with Gasteiger partial charge in [-0.15, -0.1) is 0 Å². The van der Waals surface area contributed by atoms with Gasteiger partial charge in [-0.05, 0) is 12.1 Å². The van der Waals surface area contributed by atoms with Crippen molar-refractivity contribution in [2.45, 2.75) is 6.18 Å².